The van der Waals surface area contributed by atoms with E-state index in [0.717, 1.165) is 25.9 Å². The molecule has 1 fully saturated rings. The lowest BCUT2D eigenvalue weighted by Gasteiger charge is -2.03. The van der Waals surface area contributed by atoms with Crippen molar-refractivity contribution in [1.82, 2.24) is 15.5 Å². The third kappa shape index (κ3) is 3.33. The molecule has 106 valence electrons. The Labute approximate surface area is 116 Å². The second-order valence-corrected chi connectivity index (χ2v) is 4.91. The summed E-state index contributed by atoms with van der Waals surface area (Å²) in [6, 6.07) is 5.98. The van der Waals surface area contributed by atoms with Gasteiger partial charge in [-0.15, -0.1) is 0 Å². The van der Waals surface area contributed by atoms with Gasteiger partial charge in [0.1, 0.15) is 11.6 Å². The van der Waals surface area contributed by atoms with Crippen molar-refractivity contribution in [3.05, 3.63) is 41.8 Å². The first-order valence-electron chi connectivity index (χ1n) is 6.70. The van der Waals surface area contributed by atoms with Gasteiger partial charge >= 0.3 is 0 Å². The summed E-state index contributed by atoms with van der Waals surface area (Å²) >= 11 is 0. The average molecular weight is 277 g/mol. The number of hydrogen-bond donors (Lipinski definition) is 1. The van der Waals surface area contributed by atoms with Crippen molar-refractivity contribution in [2.75, 3.05) is 13.1 Å². The van der Waals surface area contributed by atoms with Crippen LogP contribution in [0.2, 0.25) is 0 Å². The second-order valence-electron chi connectivity index (χ2n) is 4.91. The number of nitrogens with one attached hydrogen (secondary N) is 1. The molecule has 1 aromatic carbocycles. The molecule has 0 amide bonds. The molecular weight excluding hydrogens is 261 g/mol. The van der Waals surface area contributed by atoms with Crippen LogP contribution >= 0.6 is 0 Å². The Kier molecular flexibility index (Phi) is 3.92. The Morgan fingerprint density at radius 3 is 3.20 bits per heavy atom. The third-order valence-electron chi connectivity index (χ3n) is 3.30. The third-order valence-corrected chi connectivity index (χ3v) is 3.30. The SMILES string of the molecule is Fc1cccc(OCc2noc(CC3CCNC3)n2)c1. The summed E-state index contributed by atoms with van der Waals surface area (Å²) in [5.74, 6) is 1.81. The van der Waals surface area contributed by atoms with Gasteiger partial charge in [0.15, 0.2) is 6.61 Å². The number of benzene rings is 1. The van der Waals surface area contributed by atoms with E-state index in [1.165, 1.54) is 12.1 Å². The summed E-state index contributed by atoms with van der Waals surface area (Å²) in [4.78, 5) is 4.29. The Balaban J connectivity index is 1.54. The van der Waals surface area contributed by atoms with E-state index >= 15 is 0 Å². The number of hydrogen-bond acceptors (Lipinski definition) is 5. The van der Waals surface area contributed by atoms with E-state index in [-0.39, 0.29) is 12.4 Å². The van der Waals surface area contributed by atoms with Gasteiger partial charge in [0.05, 0.1) is 0 Å². The molecule has 0 bridgehead atoms. The van der Waals surface area contributed by atoms with Crippen LogP contribution < -0.4 is 10.1 Å². The Morgan fingerprint density at radius 2 is 2.40 bits per heavy atom. The monoisotopic (exact) mass is 277 g/mol. The van der Waals surface area contributed by atoms with Crippen molar-refractivity contribution < 1.29 is 13.7 Å². The van der Waals surface area contributed by atoms with Gasteiger partial charge in [-0.05, 0) is 37.6 Å². The van der Waals surface area contributed by atoms with Crippen LogP contribution in [0, 0.1) is 11.7 Å². The number of ether oxygens (including phenoxy) is 1. The van der Waals surface area contributed by atoms with Crippen LogP contribution in [0.25, 0.3) is 0 Å². The average Bonchev–Trinajstić information content (AvgIpc) is 3.09. The molecule has 1 aliphatic heterocycles. The van der Waals surface area contributed by atoms with Crippen molar-refractivity contribution in [3.8, 4) is 5.75 Å². The summed E-state index contributed by atoms with van der Waals surface area (Å²) < 4.78 is 23.6. The summed E-state index contributed by atoms with van der Waals surface area (Å²) in [6.07, 6.45) is 1.93. The van der Waals surface area contributed by atoms with Crippen molar-refractivity contribution >= 4 is 0 Å². The molecular formula is C14H16FN3O2. The quantitative estimate of drug-likeness (QED) is 0.905. The molecule has 20 heavy (non-hydrogen) atoms. The summed E-state index contributed by atoms with van der Waals surface area (Å²) in [7, 11) is 0. The zero-order chi connectivity index (χ0) is 13.8. The minimum Gasteiger partial charge on any atom is -0.485 e. The van der Waals surface area contributed by atoms with Crippen molar-refractivity contribution in [3.63, 3.8) is 0 Å². The van der Waals surface area contributed by atoms with Gasteiger partial charge in [-0.25, -0.2) is 4.39 Å². The molecule has 0 aliphatic carbocycles. The maximum absolute atomic E-state index is 13.0. The van der Waals surface area contributed by atoms with Gasteiger partial charge in [0, 0.05) is 12.5 Å². The van der Waals surface area contributed by atoms with E-state index < -0.39 is 0 Å². The van der Waals surface area contributed by atoms with Gasteiger partial charge in [-0.1, -0.05) is 11.2 Å². The van der Waals surface area contributed by atoms with E-state index in [1.54, 1.807) is 12.1 Å². The summed E-state index contributed by atoms with van der Waals surface area (Å²) in [5, 5.41) is 7.17. The van der Waals surface area contributed by atoms with Crippen LogP contribution in [0.3, 0.4) is 0 Å². The van der Waals surface area contributed by atoms with Gasteiger partial charge < -0.3 is 14.6 Å². The predicted molar refractivity (Wildman–Crippen MR) is 69.7 cm³/mol. The molecule has 1 aromatic heterocycles. The fourth-order valence-electron chi connectivity index (χ4n) is 2.27. The van der Waals surface area contributed by atoms with E-state index in [4.69, 9.17) is 9.26 Å². The molecule has 1 saturated heterocycles. The molecule has 3 rings (SSSR count). The van der Waals surface area contributed by atoms with Crippen molar-refractivity contribution in [2.45, 2.75) is 19.4 Å². The van der Waals surface area contributed by atoms with Crippen molar-refractivity contribution in [1.29, 1.82) is 0 Å². The Hall–Kier alpha value is -1.95. The van der Waals surface area contributed by atoms with Crippen LogP contribution in [-0.2, 0) is 13.0 Å². The standard InChI is InChI=1S/C14H16FN3O2/c15-11-2-1-3-12(7-11)19-9-13-17-14(20-18-13)6-10-4-5-16-8-10/h1-3,7,10,16H,4-6,8-9H2. The first-order valence-corrected chi connectivity index (χ1v) is 6.70. The smallest absolute Gasteiger partial charge is 0.227 e. The lowest BCUT2D eigenvalue weighted by molar-refractivity contribution is 0.283. The zero-order valence-corrected chi connectivity index (χ0v) is 11.0. The molecule has 1 N–H and O–H groups in total. The highest BCUT2D eigenvalue weighted by atomic mass is 19.1. The van der Waals surface area contributed by atoms with Crippen molar-refractivity contribution in [2.24, 2.45) is 5.92 Å². The number of halogens is 1. The van der Waals surface area contributed by atoms with Gasteiger partial charge in [-0.2, -0.15) is 4.98 Å². The molecule has 0 radical (unpaired) electrons. The van der Waals surface area contributed by atoms with Crippen LogP contribution in [0.15, 0.2) is 28.8 Å². The predicted octanol–water partition coefficient (Wildman–Crippen LogP) is 1.94. The van der Waals surface area contributed by atoms with E-state index in [9.17, 15) is 4.39 Å². The molecule has 1 unspecified atom stereocenters. The molecule has 0 spiro atoms. The highest BCUT2D eigenvalue weighted by molar-refractivity contribution is 5.22. The van der Waals surface area contributed by atoms with Gasteiger partial charge in [-0.3, -0.25) is 0 Å². The van der Waals surface area contributed by atoms with E-state index in [0.29, 0.717) is 23.4 Å². The number of rotatable bonds is 5. The maximum Gasteiger partial charge on any atom is 0.227 e. The topological polar surface area (TPSA) is 60.2 Å². The van der Waals surface area contributed by atoms with Crippen LogP contribution in [-0.4, -0.2) is 23.2 Å². The van der Waals surface area contributed by atoms with Crippen LogP contribution in [0.4, 0.5) is 4.39 Å². The first kappa shape index (κ1) is 13.1. The Morgan fingerprint density at radius 1 is 1.45 bits per heavy atom. The van der Waals surface area contributed by atoms with E-state index in [2.05, 4.69) is 15.5 Å². The molecule has 6 heteroatoms. The molecule has 1 aliphatic rings. The maximum atomic E-state index is 13.0. The van der Waals surface area contributed by atoms with Crippen LogP contribution in [0.1, 0.15) is 18.1 Å². The molecule has 5 nitrogen and oxygen atoms in total. The van der Waals surface area contributed by atoms with E-state index in [1.807, 2.05) is 0 Å². The second kappa shape index (κ2) is 6.00. The van der Waals surface area contributed by atoms with Gasteiger partial charge in [0.25, 0.3) is 0 Å². The zero-order valence-electron chi connectivity index (χ0n) is 11.0. The first-order chi connectivity index (χ1) is 9.79. The minimum atomic E-state index is -0.329. The molecule has 2 aromatic rings. The molecule has 1 atom stereocenters. The normalized spacial score (nSPS) is 18.4. The minimum absolute atomic E-state index is 0.176. The number of nitrogens with zero attached hydrogens (tertiary/aromatic N) is 2. The fraction of sp³-hybridized carbons (Fsp3) is 0.429. The number of aromatic nitrogens is 2. The summed E-state index contributed by atoms with van der Waals surface area (Å²) in [6.45, 7) is 2.22. The Bertz CT molecular complexity index is 567. The van der Waals surface area contributed by atoms with Gasteiger partial charge in [0.2, 0.25) is 11.7 Å². The lowest BCUT2D eigenvalue weighted by Crippen LogP contribution is -2.10. The lowest BCUT2D eigenvalue weighted by atomic mass is 10.1. The highest BCUT2D eigenvalue weighted by Gasteiger charge is 2.18. The molecule has 0 saturated carbocycles. The highest BCUT2D eigenvalue weighted by Crippen LogP contribution is 2.15. The molecule has 2 heterocycles. The summed E-state index contributed by atoms with van der Waals surface area (Å²) in [5.41, 5.74) is 0. The van der Waals surface area contributed by atoms with Crippen LogP contribution in [0.5, 0.6) is 5.75 Å². The fourth-order valence-corrected chi connectivity index (χ4v) is 2.27. The largest absolute Gasteiger partial charge is 0.485 e.